The van der Waals surface area contributed by atoms with Gasteiger partial charge in [-0.1, -0.05) is 29.3 Å². The van der Waals surface area contributed by atoms with Gasteiger partial charge in [-0.15, -0.1) is 21.5 Å². The summed E-state index contributed by atoms with van der Waals surface area (Å²) < 4.78 is 5.48. The van der Waals surface area contributed by atoms with Gasteiger partial charge in [-0.25, -0.2) is 0 Å². The summed E-state index contributed by atoms with van der Waals surface area (Å²) in [4.78, 5) is 1.27. The van der Waals surface area contributed by atoms with Gasteiger partial charge in [0.1, 0.15) is 0 Å². The molecule has 0 fully saturated rings. The van der Waals surface area contributed by atoms with Gasteiger partial charge in [-0.3, -0.25) is 0 Å². The quantitative estimate of drug-likeness (QED) is 0.857. The summed E-state index contributed by atoms with van der Waals surface area (Å²) in [5, 5.41) is 9.80. The number of halogens is 2. The normalized spacial score (nSPS) is 10.4. The first-order valence-corrected chi connectivity index (χ1v) is 6.23. The summed E-state index contributed by atoms with van der Waals surface area (Å²) in [6.45, 7) is 0.544. The number of nitrogens with zero attached hydrogens (tertiary/aromatic N) is 2. The molecule has 0 aliphatic rings. The maximum absolute atomic E-state index is 5.80. The van der Waals surface area contributed by atoms with Crippen LogP contribution in [0, 0.1) is 0 Å². The van der Waals surface area contributed by atoms with E-state index in [2.05, 4.69) is 16.3 Å². The first kappa shape index (κ1) is 11.6. The summed E-state index contributed by atoms with van der Waals surface area (Å²) in [6, 6.07) is 5.64. The minimum Gasteiger partial charge on any atom is -0.490 e. The standard InChI is InChI=1S/C10H8Cl2N2OS/c11-9-6-8(10(12)14-13-9)15-4-3-7-2-1-5-16-7/h1-2,5-6H,3-4H2. The molecule has 0 atom stereocenters. The second kappa shape index (κ2) is 5.48. The molecule has 0 saturated carbocycles. The predicted octanol–water partition coefficient (Wildman–Crippen LogP) is 3.47. The third kappa shape index (κ3) is 3.07. The highest BCUT2D eigenvalue weighted by atomic mass is 35.5. The van der Waals surface area contributed by atoms with Crippen LogP contribution in [-0.2, 0) is 6.42 Å². The lowest BCUT2D eigenvalue weighted by atomic mass is 10.4. The Bertz CT molecular complexity index is 462. The molecule has 84 valence electrons. The zero-order valence-corrected chi connectivity index (χ0v) is 10.5. The van der Waals surface area contributed by atoms with E-state index in [1.807, 2.05) is 11.4 Å². The molecule has 6 heteroatoms. The Morgan fingerprint density at radius 3 is 2.94 bits per heavy atom. The van der Waals surface area contributed by atoms with Gasteiger partial charge in [0, 0.05) is 17.4 Å². The molecule has 0 amide bonds. The van der Waals surface area contributed by atoms with Gasteiger partial charge in [0.2, 0.25) is 0 Å². The largest absolute Gasteiger partial charge is 0.490 e. The number of rotatable bonds is 4. The van der Waals surface area contributed by atoms with Gasteiger partial charge in [-0.2, -0.15) is 0 Å². The number of thiophene rings is 1. The molecule has 2 rings (SSSR count). The zero-order valence-electron chi connectivity index (χ0n) is 8.19. The van der Waals surface area contributed by atoms with Crippen LogP contribution >= 0.6 is 34.5 Å². The third-order valence-corrected chi connectivity index (χ3v) is 3.26. The van der Waals surface area contributed by atoms with Crippen molar-refractivity contribution >= 4 is 34.5 Å². The summed E-state index contributed by atoms with van der Waals surface area (Å²) in [6.07, 6.45) is 0.841. The van der Waals surface area contributed by atoms with Crippen LogP contribution in [0.15, 0.2) is 23.6 Å². The fourth-order valence-electron chi connectivity index (χ4n) is 1.16. The van der Waals surface area contributed by atoms with Gasteiger partial charge in [-0.05, 0) is 11.4 Å². The monoisotopic (exact) mass is 274 g/mol. The van der Waals surface area contributed by atoms with Crippen molar-refractivity contribution < 1.29 is 4.74 Å². The van der Waals surface area contributed by atoms with Crippen molar-refractivity contribution in [2.75, 3.05) is 6.61 Å². The average molecular weight is 275 g/mol. The zero-order chi connectivity index (χ0) is 11.4. The third-order valence-electron chi connectivity index (χ3n) is 1.87. The molecule has 0 N–H and O–H groups in total. The average Bonchev–Trinajstić information content (AvgIpc) is 2.76. The molecule has 2 heterocycles. The van der Waals surface area contributed by atoms with Crippen LogP contribution in [0.2, 0.25) is 10.3 Å². The van der Waals surface area contributed by atoms with Gasteiger partial charge >= 0.3 is 0 Å². The molecular weight excluding hydrogens is 267 g/mol. The SMILES string of the molecule is Clc1cc(OCCc2cccs2)c(Cl)nn1. The van der Waals surface area contributed by atoms with E-state index in [1.165, 1.54) is 4.88 Å². The molecule has 0 aromatic carbocycles. The van der Waals surface area contributed by atoms with E-state index < -0.39 is 0 Å². The van der Waals surface area contributed by atoms with E-state index in [1.54, 1.807) is 17.4 Å². The molecule has 0 radical (unpaired) electrons. The number of aromatic nitrogens is 2. The maximum Gasteiger partial charge on any atom is 0.193 e. The Labute approximate surface area is 107 Å². The second-order valence-electron chi connectivity index (χ2n) is 3.00. The molecule has 2 aromatic rings. The van der Waals surface area contributed by atoms with Crippen LogP contribution in [0.1, 0.15) is 4.88 Å². The van der Waals surface area contributed by atoms with E-state index in [0.29, 0.717) is 12.4 Å². The molecule has 0 saturated heterocycles. The maximum atomic E-state index is 5.80. The van der Waals surface area contributed by atoms with Crippen LogP contribution in [0.5, 0.6) is 5.75 Å². The second-order valence-corrected chi connectivity index (χ2v) is 4.78. The van der Waals surface area contributed by atoms with E-state index in [9.17, 15) is 0 Å². The lowest BCUT2D eigenvalue weighted by molar-refractivity contribution is 0.321. The molecule has 3 nitrogen and oxygen atoms in total. The van der Waals surface area contributed by atoms with Crippen molar-refractivity contribution in [1.82, 2.24) is 10.2 Å². The van der Waals surface area contributed by atoms with Gasteiger partial charge in [0.05, 0.1) is 6.61 Å². The predicted molar refractivity (Wildman–Crippen MR) is 65.6 cm³/mol. The van der Waals surface area contributed by atoms with E-state index in [0.717, 1.165) is 6.42 Å². The number of ether oxygens (including phenoxy) is 1. The smallest absolute Gasteiger partial charge is 0.193 e. The van der Waals surface area contributed by atoms with Crippen molar-refractivity contribution in [3.8, 4) is 5.75 Å². The van der Waals surface area contributed by atoms with Crippen molar-refractivity contribution in [1.29, 1.82) is 0 Å². The van der Waals surface area contributed by atoms with Gasteiger partial charge in [0.25, 0.3) is 0 Å². The van der Waals surface area contributed by atoms with Gasteiger partial charge in [0.15, 0.2) is 16.1 Å². The van der Waals surface area contributed by atoms with E-state index >= 15 is 0 Å². The molecule has 0 spiro atoms. The molecule has 0 aliphatic heterocycles. The van der Waals surface area contributed by atoms with Crippen molar-refractivity contribution in [2.24, 2.45) is 0 Å². The van der Waals surface area contributed by atoms with Gasteiger partial charge < -0.3 is 4.74 Å². The van der Waals surface area contributed by atoms with Crippen LogP contribution in [0.25, 0.3) is 0 Å². The van der Waals surface area contributed by atoms with E-state index in [-0.39, 0.29) is 10.3 Å². The minimum atomic E-state index is 0.232. The highest BCUT2D eigenvalue weighted by molar-refractivity contribution is 7.09. The van der Waals surface area contributed by atoms with Crippen molar-refractivity contribution in [3.63, 3.8) is 0 Å². The number of hydrogen-bond donors (Lipinski definition) is 0. The Morgan fingerprint density at radius 1 is 1.31 bits per heavy atom. The Balaban J connectivity index is 1.92. The molecular formula is C10H8Cl2N2OS. The molecule has 0 unspecified atom stereocenters. The first-order valence-electron chi connectivity index (χ1n) is 4.59. The lowest BCUT2D eigenvalue weighted by Crippen LogP contribution is -2.01. The molecule has 16 heavy (non-hydrogen) atoms. The van der Waals surface area contributed by atoms with E-state index in [4.69, 9.17) is 27.9 Å². The highest BCUT2D eigenvalue weighted by Gasteiger charge is 2.05. The molecule has 2 aromatic heterocycles. The first-order chi connectivity index (χ1) is 7.75. The Hall–Kier alpha value is -0.840. The van der Waals surface area contributed by atoms with Crippen molar-refractivity contribution in [3.05, 3.63) is 38.8 Å². The summed E-state index contributed by atoms with van der Waals surface area (Å²) in [7, 11) is 0. The Morgan fingerprint density at radius 2 is 2.19 bits per heavy atom. The van der Waals surface area contributed by atoms with Crippen LogP contribution < -0.4 is 4.74 Å². The minimum absolute atomic E-state index is 0.232. The topological polar surface area (TPSA) is 35.0 Å². The molecule has 0 bridgehead atoms. The number of hydrogen-bond acceptors (Lipinski definition) is 4. The van der Waals surface area contributed by atoms with Crippen LogP contribution in [-0.4, -0.2) is 16.8 Å². The lowest BCUT2D eigenvalue weighted by Gasteiger charge is -2.05. The van der Waals surface area contributed by atoms with Crippen LogP contribution in [0.3, 0.4) is 0 Å². The summed E-state index contributed by atoms with van der Waals surface area (Å²) in [5.74, 6) is 0.471. The fourth-order valence-corrected chi connectivity index (χ4v) is 2.13. The summed E-state index contributed by atoms with van der Waals surface area (Å²) in [5.41, 5.74) is 0. The summed E-state index contributed by atoms with van der Waals surface area (Å²) >= 11 is 13.2. The highest BCUT2D eigenvalue weighted by Crippen LogP contribution is 2.23. The van der Waals surface area contributed by atoms with Crippen LogP contribution in [0.4, 0.5) is 0 Å². The molecule has 0 aliphatic carbocycles. The fraction of sp³-hybridized carbons (Fsp3) is 0.200. The Kier molecular flexibility index (Phi) is 3.98. The van der Waals surface area contributed by atoms with Crippen molar-refractivity contribution in [2.45, 2.75) is 6.42 Å².